The third-order valence-electron chi connectivity index (χ3n) is 3.62. The fraction of sp³-hybridized carbons (Fsp3) is 0.333. The second-order valence-corrected chi connectivity index (χ2v) is 5.08. The van der Waals surface area contributed by atoms with Crippen molar-refractivity contribution in [2.45, 2.75) is 19.8 Å². The molecule has 0 aromatic carbocycles. The first-order valence-electron chi connectivity index (χ1n) is 6.79. The molecule has 0 bridgehead atoms. The Kier molecular flexibility index (Phi) is 3.18. The first-order chi connectivity index (χ1) is 10.1. The summed E-state index contributed by atoms with van der Waals surface area (Å²) in [4.78, 5) is 9.17. The van der Waals surface area contributed by atoms with Gasteiger partial charge in [0.2, 0.25) is 0 Å². The Bertz CT molecular complexity index is 778. The molecule has 3 rings (SSSR count). The van der Waals surface area contributed by atoms with Gasteiger partial charge in [-0.05, 0) is 6.92 Å². The summed E-state index contributed by atoms with van der Waals surface area (Å²) in [5.41, 5.74) is 4.52. The zero-order valence-electron chi connectivity index (χ0n) is 12.3. The molecule has 0 saturated carbocycles. The quantitative estimate of drug-likeness (QED) is 0.924. The summed E-state index contributed by atoms with van der Waals surface area (Å²) in [7, 11) is 3.72. The highest BCUT2D eigenvalue weighted by Crippen LogP contribution is 2.31. The minimum absolute atomic E-state index is 0.642. The fourth-order valence-electron chi connectivity index (χ4n) is 2.64. The van der Waals surface area contributed by atoms with Crippen molar-refractivity contribution in [1.29, 1.82) is 5.26 Å². The molecule has 1 N–H and O–H groups in total. The molecule has 0 amide bonds. The molecule has 2 heterocycles. The third kappa shape index (κ3) is 2.27. The van der Waals surface area contributed by atoms with Crippen LogP contribution in [-0.2, 0) is 19.9 Å². The van der Waals surface area contributed by atoms with Crippen molar-refractivity contribution < 1.29 is 0 Å². The summed E-state index contributed by atoms with van der Waals surface area (Å²) in [6, 6.07) is 2.20. The van der Waals surface area contributed by atoms with E-state index in [1.807, 2.05) is 33.3 Å². The van der Waals surface area contributed by atoms with Crippen molar-refractivity contribution in [2.75, 3.05) is 12.4 Å². The van der Waals surface area contributed by atoms with E-state index >= 15 is 0 Å². The van der Waals surface area contributed by atoms with Crippen LogP contribution in [-0.4, -0.2) is 26.8 Å². The number of rotatable bonds is 3. The van der Waals surface area contributed by atoms with Gasteiger partial charge >= 0.3 is 0 Å². The largest absolute Gasteiger partial charge is 0.372 e. The monoisotopic (exact) mass is 280 g/mol. The number of fused-ring (bicyclic) bond motifs is 1. The predicted octanol–water partition coefficient (Wildman–Crippen LogP) is 1.61. The number of anilines is 1. The van der Waals surface area contributed by atoms with E-state index in [9.17, 15) is 0 Å². The summed E-state index contributed by atoms with van der Waals surface area (Å²) in [5, 5.41) is 16.6. The van der Waals surface area contributed by atoms with Crippen LogP contribution in [0, 0.1) is 18.3 Å². The Morgan fingerprint density at radius 2 is 2.24 bits per heavy atom. The van der Waals surface area contributed by atoms with Crippen LogP contribution in [0.5, 0.6) is 0 Å². The van der Waals surface area contributed by atoms with Gasteiger partial charge in [-0.3, -0.25) is 4.68 Å². The van der Waals surface area contributed by atoms with Crippen molar-refractivity contribution in [2.24, 2.45) is 7.05 Å². The Hall–Kier alpha value is -2.68. The van der Waals surface area contributed by atoms with Gasteiger partial charge in [-0.2, -0.15) is 10.4 Å². The maximum atomic E-state index is 9.16. The summed E-state index contributed by atoms with van der Waals surface area (Å²) in [5.74, 6) is 1.48. The van der Waals surface area contributed by atoms with Gasteiger partial charge in [-0.15, -0.1) is 0 Å². The minimum atomic E-state index is 0.642. The Morgan fingerprint density at radius 1 is 1.43 bits per heavy atom. The highest BCUT2D eigenvalue weighted by atomic mass is 15.2. The van der Waals surface area contributed by atoms with Crippen LogP contribution in [0.25, 0.3) is 5.57 Å². The van der Waals surface area contributed by atoms with Gasteiger partial charge in [0.05, 0.1) is 28.6 Å². The molecule has 1 aliphatic carbocycles. The molecule has 0 atom stereocenters. The van der Waals surface area contributed by atoms with E-state index in [1.165, 1.54) is 0 Å². The number of nitriles is 1. The van der Waals surface area contributed by atoms with Crippen molar-refractivity contribution in [1.82, 2.24) is 19.7 Å². The first kappa shape index (κ1) is 13.3. The Labute approximate surface area is 123 Å². The molecule has 6 heteroatoms. The number of hydrogen-bond donors (Lipinski definition) is 1. The van der Waals surface area contributed by atoms with Crippen LogP contribution < -0.4 is 5.32 Å². The van der Waals surface area contributed by atoms with Gasteiger partial charge in [0.15, 0.2) is 0 Å². The average Bonchev–Trinajstić information content (AvgIpc) is 3.01. The lowest BCUT2D eigenvalue weighted by Crippen LogP contribution is -2.07. The summed E-state index contributed by atoms with van der Waals surface area (Å²) in [6.07, 6.45) is 5.22. The molecule has 2 aromatic heterocycles. The van der Waals surface area contributed by atoms with Gasteiger partial charge in [-0.1, -0.05) is 6.08 Å². The van der Waals surface area contributed by atoms with Crippen molar-refractivity contribution >= 4 is 11.4 Å². The number of allylic oxidation sites excluding steroid dienone is 2. The molecule has 0 fully saturated rings. The molecule has 0 aliphatic heterocycles. The second-order valence-electron chi connectivity index (χ2n) is 5.08. The van der Waals surface area contributed by atoms with E-state index in [0.29, 0.717) is 18.4 Å². The predicted molar refractivity (Wildman–Crippen MR) is 79.6 cm³/mol. The molecule has 0 radical (unpaired) electrons. The molecule has 2 aromatic rings. The van der Waals surface area contributed by atoms with E-state index in [0.717, 1.165) is 34.2 Å². The highest BCUT2D eigenvalue weighted by molar-refractivity contribution is 5.86. The molecular formula is C15H16N6. The van der Waals surface area contributed by atoms with Crippen molar-refractivity contribution in [3.63, 3.8) is 0 Å². The van der Waals surface area contributed by atoms with Gasteiger partial charge in [0.1, 0.15) is 11.6 Å². The van der Waals surface area contributed by atoms with E-state index in [4.69, 9.17) is 5.26 Å². The SMILES string of the molecule is CNc1nc(Cc2cn(C)nc2C)nc2c1C(C#N)=CC2. The maximum Gasteiger partial charge on any atom is 0.138 e. The van der Waals surface area contributed by atoms with Gasteiger partial charge in [0.25, 0.3) is 0 Å². The van der Waals surface area contributed by atoms with Gasteiger partial charge in [0, 0.05) is 38.7 Å². The second kappa shape index (κ2) is 5.02. The van der Waals surface area contributed by atoms with Crippen LogP contribution >= 0.6 is 0 Å². The molecule has 1 aliphatic rings. The molecule has 21 heavy (non-hydrogen) atoms. The lowest BCUT2D eigenvalue weighted by molar-refractivity contribution is 0.756. The number of nitrogens with one attached hydrogen (secondary N) is 1. The number of hydrogen-bond acceptors (Lipinski definition) is 5. The van der Waals surface area contributed by atoms with Crippen LogP contribution in [0.1, 0.15) is 28.3 Å². The molecule has 0 unspecified atom stereocenters. The third-order valence-corrected chi connectivity index (χ3v) is 3.62. The number of aryl methyl sites for hydroxylation is 2. The normalized spacial score (nSPS) is 12.8. The lowest BCUT2D eigenvalue weighted by Gasteiger charge is -2.09. The van der Waals surface area contributed by atoms with Gasteiger partial charge in [-0.25, -0.2) is 9.97 Å². The topological polar surface area (TPSA) is 79.4 Å². The average molecular weight is 280 g/mol. The van der Waals surface area contributed by atoms with Crippen LogP contribution in [0.3, 0.4) is 0 Å². The first-order valence-corrected chi connectivity index (χ1v) is 6.79. The zero-order valence-corrected chi connectivity index (χ0v) is 12.3. The Morgan fingerprint density at radius 3 is 2.86 bits per heavy atom. The molecule has 106 valence electrons. The number of aromatic nitrogens is 4. The van der Waals surface area contributed by atoms with E-state index in [1.54, 1.807) is 4.68 Å². The van der Waals surface area contributed by atoms with E-state index < -0.39 is 0 Å². The lowest BCUT2D eigenvalue weighted by atomic mass is 10.1. The van der Waals surface area contributed by atoms with Crippen LogP contribution in [0.4, 0.5) is 5.82 Å². The van der Waals surface area contributed by atoms with E-state index in [2.05, 4.69) is 26.5 Å². The number of nitrogens with zero attached hydrogens (tertiary/aromatic N) is 5. The zero-order chi connectivity index (χ0) is 15.0. The smallest absolute Gasteiger partial charge is 0.138 e. The fourth-order valence-corrected chi connectivity index (χ4v) is 2.64. The van der Waals surface area contributed by atoms with Crippen molar-refractivity contribution in [3.8, 4) is 6.07 Å². The molecule has 6 nitrogen and oxygen atoms in total. The van der Waals surface area contributed by atoms with Crippen LogP contribution in [0.15, 0.2) is 12.3 Å². The minimum Gasteiger partial charge on any atom is -0.372 e. The Balaban J connectivity index is 2.00. The van der Waals surface area contributed by atoms with E-state index in [-0.39, 0.29) is 0 Å². The van der Waals surface area contributed by atoms with Gasteiger partial charge < -0.3 is 5.32 Å². The standard InChI is InChI=1S/C15H16N6/c1-9-11(8-21(3)20-9)6-13-18-12-5-4-10(7-16)14(12)15(17-2)19-13/h4,8H,5-6H2,1-3H3,(H,17,18,19). The molecule has 0 spiro atoms. The highest BCUT2D eigenvalue weighted by Gasteiger charge is 2.22. The van der Waals surface area contributed by atoms with Crippen LogP contribution in [0.2, 0.25) is 0 Å². The maximum absolute atomic E-state index is 9.16. The van der Waals surface area contributed by atoms with Crippen molar-refractivity contribution in [3.05, 3.63) is 40.6 Å². The summed E-state index contributed by atoms with van der Waals surface area (Å²) >= 11 is 0. The summed E-state index contributed by atoms with van der Waals surface area (Å²) in [6.45, 7) is 1.98. The summed E-state index contributed by atoms with van der Waals surface area (Å²) < 4.78 is 1.80. The molecule has 0 saturated heterocycles. The molecular weight excluding hydrogens is 264 g/mol.